The molecule has 4 aromatic rings. The molecule has 0 saturated heterocycles. The SMILES string of the molecule is Cc1ccc(CCC(=O)Nc2c(Cl)n(CC#Cc3ccc(NC(=O)c4ccccc4)c(C)c3)c(=O)n(C)c2=O)cc1. The Kier molecular flexibility index (Phi) is 9.23. The van der Waals surface area contributed by atoms with E-state index in [1.165, 1.54) is 7.05 Å². The van der Waals surface area contributed by atoms with E-state index in [9.17, 15) is 19.2 Å². The molecule has 8 nitrogen and oxygen atoms in total. The summed E-state index contributed by atoms with van der Waals surface area (Å²) in [7, 11) is 1.32. The molecular formula is C32H29ClN4O4. The van der Waals surface area contributed by atoms with Crippen LogP contribution in [0.1, 0.15) is 39.0 Å². The first-order chi connectivity index (χ1) is 19.6. The third-order valence-corrected chi connectivity index (χ3v) is 6.88. The molecule has 2 N–H and O–H groups in total. The van der Waals surface area contributed by atoms with Crippen molar-refractivity contribution in [1.82, 2.24) is 9.13 Å². The van der Waals surface area contributed by atoms with Crippen molar-refractivity contribution in [2.45, 2.75) is 33.2 Å². The summed E-state index contributed by atoms with van der Waals surface area (Å²) in [5, 5.41) is 5.27. The molecule has 2 amide bonds. The Hall–Kier alpha value is -4.87. The third-order valence-electron chi connectivity index (χ3n) is 6.49. The number of aromatic nitrogens is 2. The van der Waals surface area contributed by atoms with E-state index < -0.39 is 17.2 Å². The second-order valence-corrected chi connectivity index (χ2v) is 9.94. The van der Waals surface area contributed by atoms with Crippen LogP contribution in [0.4, 0.5) is 11.4 Å². The van der Waals surface area contributed by atoms with Gasteiger partial charge in [0.2, 0.25) is 5.91 Å². The average molecular weight is 569 g/mol. The summed E-state index contributed by atoms with van der Waals surface area (Å²) < 4.78 is 2.02. The van der Waals surface area contributed by atoms with Gasteiger partial charge in [-0.1, -0.05) is 71.5 Å². The molecule has 9 heteroatoms. The molecule has 3 aromatic carbocycles. The molecule has 208 valence electrons. The van der Waals surface area contributed by atoms with Crippen molar-refractivity contribution in [3.8, 4) is 11.8 Å². The van der Waals surface area contributed by atoms with Gasteiger partial charge in [-0.2, -0.15) is 0 Å². The maximum absolute atomic E-state index is 12.8. The Morgan fingerprint density at radius 3 is 2.32 bits per heavy atom. The first-order valence-corrected chi connectivity index (χ1v) is 13.3. The second-order valence-electron chi connectivity index (χ2n) is 9.58. The van der Waals surface area contributed by atoms with Crippen LogP contribution in [-0.2, 0) is 24.8 Å². The number of benzene rings is 3. The predicted octanol–water partition coefficient (Wildman–Crippen LogP) is 4.69. The van der Waals surface area contributed by atoms with Crippen molar-refractivity contribution < 1.29 is 9.59 Å². The van der Waals surface area contributed by atoms with E-state index in [0.717, 1.165) is 25.8 Å². The lowest BCUT2D eigenvalue weighted by Gasteiger charge is -2.13. The standard InChI is InChI=1S/C32H29ClN4O4/c1-21-11-13-23(14-12-21)16-18-27(38)35-28-29(33)37(32(41)36(3)31(28)40)19-7-8-24-15-17-26(22(2)20-24)34-30(39)25-9-5-4-6-10-25/h4-6,9-15,17,20H,16,18-19H2,1-3H3,(H,34,39)(H,35,38). The van der Waals surface area contributed by atoms with Gasteiger partial charge in [0.05, 0.1) is 6.54 Å². The smallest absolute Gasteiger partial charge is 0.322 e. The number of nitrogens with zero attached hydrogens (tertiary/aromatic N) is 2. The molecule has 41 heavy (non-hydrogen) atoms. The van der Waals surface area contributed by atoms with Crippen LogP contribution in [0.5, 0.6) is 0 Å². The molecule has 0 radical (unpaired) electrons. The quantitative estimate of drug-likeness (QED) is 0.249. The predicted molar refractivity (Wildman–Crippen MR) is 162 cm³/mol. The first-order valence-electron chi connectivity index (χ1n) is 12.9. The van der Waals surface area contributed by atoms with E-state index in [1.807, 2.05) is 50.2 Å². The fourth-order valence-electron chi connectivity index (χ4n) is 4.09. The highest BCUT2D eigenvalue weighted by Gasteiger charge is 2.18. The number of amides is 2. The fraction of sp³-hybridized carbons (Fsp3) is 0.188. The van der Waals surface area contributed by atoms with Gasteiger partial charge < -0.3 is 10.6 Å². The zero-order valence-electron chi connectivity index (χ0n) is 23.0. The minimum absolute atomic E-state index is 0.108. The van der Waals surface area contributed by atoms with Gasteiger partial charge in [-0.15, -0.1) is 0 Å². The highest BCUT2D eigenvalue weighted by Crippen LogP contribution is 2.18. The molecule has 0 aliphatic heterocycles. The van der Waals surface area contributed by atoms with Crippen LogP contribution in [0.2, 0.25) is 5.15 Å². The van der Waals surface area contributed by atoms with Gasteiger partial charge in [-0.25, -0.2) is 4.79 Å². The van der Waals surface area contributed by atoms with Gasteiger partial charge in [-0.3, -0.25) is 23.5 Å². The van der Waals surface area contributed by atoms with E-state index in [1.54, 1.807) is 36.4 Å². The lowest BCUT2D eigenvalue weighted by Crippen LogP contribution is -2.40. The number of nitrogens with one attached hydrogen (secondary N) is 2. The van der Waals surface area contributed by atoms with E-state index >= 15 is 0 Å². The van der Waals surface area contributed by atoms with Crippen molar-refractivity contribution in [1.29, 1.82) is 0 Å². The number of hydrogen-bond acceptors (Lipinski definition) is 4. The van der Waals surface area contributed by atoms with Gasteiger partial charge in [0.1, 0.15) is 10.8 Å². The van der Waals surface area contributed by atoms with Gasteiger partial charge >= 0.3 is 5.69 Å². The zero-order chi connectivity index (χ0) is 29.5. The van der Waals surface area contributed by atoms with E-state index in [2.05, 4.69) is 22.5 Å². The molecule has 1 aromatic heterocycles. The number of carbonyl (C=O) groups is 2. The molecule has 0 aliphatic carbocycles. The van der Waals surface area contributed by atoms with Crippen molar-refractivity contribution in [3.63, 3.8) is 0 Å². The Morgan fingerprint density at radius 2 is 1.63 bits per heavy atom. The molecular weight excluding hydrogens is 540 g/mol. The second kappa shape index (κ2) is 13.0. The molecule has 0 aliphatic rings. The Labute approximate surface area is 242 Å². The summed E-state index contributed by atoms with van der Waals surface area (Å²) in [6.45, 7) is 3.73. The lowest BCUT2D eigenvalue weighted by molar-refractivity contribution is -0.116. The summed E-state index contributed by atoms with van der Waals surface area (Å²) in [6, 6.07) is 22.1. The minimum Gasteiger partial charge on any atom is -0.322 e. The van der Waals surface area contributed by atoms with Crippen LogP contribution in [-0.4, -0.2) is 20.9 Å². The average Bonchev–Trinajstić information content (AvgIpc) is 2.97. The minimum atomic E-state index is -0.698. The molecule has 0 spiro atoms. The van der Waals surface area contributed by atoms with Crippen LogP contribution in [0.25, 0.3) is 0 Å². The third kappa shape index (κ3) is 7.21. The summed E-state index contributed by atoms with van der Waals surface area (Å²) in [5.74, 6) is 5.28. The number of hydrogen-bond donors (Lipinski definition) is 2. The van der Waals surface area contributed by atoms with Crippen molar-refractivity contribution in [2.75, 3.05) is 10.6 Å². The van der Waals surface area contributed by atoms with Crippen LogP contribution in [0.15, 0.2) is 82.4 Å². The Bertz CT molecular complexity index is 1780. The van der Waals surface area contributed by atoms with E-state index in [0.29, 0.717) is 23.2 Å². The molecule has 0 fully saturated rings. The molecule has 4 rings (SSSR count). The largest absolute Gasteiger partial charge is 0.332 e. The fourth-order valence-corrected chi connectivity index (χ4v) is 4.35. The number of rotatable bonds is 7. The van der Waals surface area contributed by atoms with Crippen LogP contribution in [0, 0.1) is 25.7 Å². The number of halogens is 1. The van der Waals surface area contributed by atoms with Crippen molar-refractivity contribution in [3.05, 3.63) is 127 Å². The highest BCUT2D eigenvalue weighted by atomic mass is 35.5. The van der Waals surface area contributed by atoms with Crippen LogP contribution in [0.3, 0.4) is 0 Å². The Balaban J connectivity index is 1.47. The van der Waals surface area contributed by atoms with Gasteiger partial charge in [-0.05, 0) is 61.7 Å². The lowest BCUT2D eigenvalue weighted by atomic mass is 10.1. The first kappa shape index (κ1) is 29.1. The van der Waals surface area contributed by atoms with E-state index in [-0.39, 0.29) is 29.7 Å². The van der Waals surface area contributed by atoms with Gasteiger partial charge in [0, 0.05) is 30.3 Å². The summed E-state index contributed by atoms with van der Waals surface area (Å²) >= 11 is 6.42. The topological polar surface area (TPSA) is 102 Å². The molecule has 0 atom stereocenters. The molecule has 0 bridgehead atoms. The van der Waals surface area contributed by atoms with Crippen molar-refractivity contribution >= 4 is 34.8 Å². The van der Waals surface area contributed by atoms with E-state index in [4.69, 9.17) is 11.6 Å². The molecule has 0 saturated carbocycles. The Morgan fingerprint density at radius 1 is 0.927 bits per heavy atom. The van der Waals surface area contributed by atoms with Gasteiger partial charge in [0.25, 0.3) is 11.5 Å². The molecule has 0 unspecified atom stereocenters. The maximum atomic E-state index is 12.8. The van der Waals surface area contributed by atoms with Crippen LogP contribution < -0.4 is 21.9 Å². The monoisotopic (exact) mass is 568 g/mol. The van der Waals surface area contributed by atoms with Crippen LogP contribution >= 0.6 is 11.6 Å². The summed E-state index contributed by atoms with van der Waals surface area (Å²) in [5.41, 5.74) is 3.29. The zero-order valence-corrected chi connectivity index (χ0v) is 23.7. The van der Waals surface area contributed by atoms with Gasteiger partial charge in [0.15, 0.2) is 0 Å². The normalized spacial score (nSPS) is 10.4. The summed E-state index contributed by atoms with van der Waals surface area (Å²) in [6.07, 6.45) is 0.631. The molecule has 1 heterocycles. The van der Waals surface area contributed by atoms with Crippen molar-refractivity contribution in [2.24, 2.45) is 7.05 Å². The number of anilines is 2. The maximum Gasteiger partial charge on any atom is 0.332 e. The highest BCUT2D eigenvalue weighted by molar-refractivity contribution is 6.32. The number of carbonyl (C=O) groups excluding carboxylic acids is 2. The summed E-state index contributed by atoms with van der Waals surface area (Å²) in [4.78, 5) is 50.6. The number of aryl methyl sites for hydroxylation is 3.